The average Bonchev–Trinajstić information content (AvgIpc) is 2.80. The molecule has 18 heavy (non-hydrogen) atoms. The third kappa shape index (κ3) is 3.41. The fourth-order valence-electron chi connectivity index (χ4n) is 1.86. The van der Waals surface area contributed by atoms with E-state index in [2.05, 4.69) is 35.4 Å². The molecule has 0 aliphatic carbocycles. The van der Waals surface area contributed by atoms with Crippen LogP contribution in [0.5, 0.6) is 0 Å². The molecule has 0 bridgehead atoms. The molecule has 1 aromatic rings. The summed E-state index contributed by atoms with van der Waals surface area (Å²) in [4.78, 5) is 4.43. The third-order valence-electron chi connectivity index (χ3n) is 2.97. The molecule has 1 unspecified atom stereocenters. The van der Waals surface area contributed by atoms with E-state index in [0.29, 0.717) is 18.1 Å². The molecule has 1 aromatic heterocycles. The lowest BCUT2D eigenvalue weighted by Gasteiger charge is -2.12. The molecule has 0 aromatic carbocycles. The van der Waals surface area contributed by atoms with E-state index in [1.807, 2.05) is 0 Å². The van der Waals surface area contributed by atoms with E-state index in [4.69, 9.17) is 0 Å². The van der Waals surface area contributed by atoms with Gasteiger partial charge in [0.1, 0.15) is 5.82 Å². The van der Waals surface area contributed by atoms with E-state index in [1.165, 1.54) is 11.5 Å². The number of sulfone groups is 1. The van der Waals surface area contributed by atoms with E-state index in [9.17, 15) is 8.42 Å². The van der Waals surface area contributed by atoms with Gasteiger partial charge < -0.3 is 5.32 Å². The monoisotopic (exact) mass is 289 g/mol. The van der Waals surface area contributed by atoms with Crippen molar-refractivity contribution >= 4 is 26.5 Å². The molecular formula is C11H19N3O2S2. The Morgan fingerprint density at radius 3 is 2.67 bits per heavy atom. The Labute approximate surface area is 112 Å². The van der Waals surface area contributed by atoms with Gasteiger partial charge in [0, 0.05) is 23.5 Å². The number of anilines is 1. The van der Waals surface area contributed by atoms with E-state index in [-0.39, 0.29) is 11.3 Å². The molecule has 1 N–H and O–H groups in total. The first-order valence-corrected chi connectivity index (χ1v) is 8.64. The van der Waals surface area contributed by atoms with E-state index >= 15 is 0 Å². The van der Waals surface area contributed by atoms with Gasteiger partial charge in [0.25, 0.3) is 0 Å². The van der Waals surface area contributed by atoms with Crippen LogP contribution in [0, 0.1) is 5.92 Å². The fourth-order valence-corrected chi connectivity index (χ4v) is 4.49. The SMILES string of the molecule is CC(C)(C)c1nsc(NCC2CCS(=O)(=O)C2)n1. The topological polar surface area (TPSA) is 72.0 Å². The first-order valence-electron chi connectivity index (χ1n) is 6.05. The van der Waals surface area contributed by atoms with Gasteiger partial charge in [0.2, 0.25) is 5.13 Å². The smallest absolute Gasteiger partial charge is 0.202 e. The predicted molar refractivity (Wildman–Crippen MR) is 73.9 cm³/mol. The average molecular weight is 289 g/mol. The lowest BCUT2D eigenvalue weighted by molar-refractivity contribution is 0.554. The molecule has 1 aliphatic heterocycles. The second-order valence-corrected chi connectivity index (χ2v) is 8.80. The summed E-state index contributed by atoms with van der Waals surface area (Å²) in [7, 11) is -2.79. The van der Waals surface area contributed by atoms with Gasteiger partial charge in [-0.15, -0.1) is 0 Å². The Morgan fingerprint density at radius 2 is 2.17 bits per heavy atom. The van der Waals surface area contributed by atoms with Crippen molar-refractivity contribution in [2.24, 2.45) is 5.92 Å². The summed E-state index contributed by atoms with van der Waals surface area (Å²) >= 11 is 1.34. The molecule has 2 rings (SSSR count). The maximum Gasteiger partial charge on any atom is 0.202 e. The Kier molecular flexibility index (Phi) is 3.64. The number of hydrogen-bond donors (Lipinski definition) is 1. The molecule has 0 spiro atoms. The molecule has 0 amide bonds. The van der Waals surface area contributed by atoms with E-state index in [1.54, 1.807) is 0 Å². The number of hydrogen-bond acceptors (Lipinski definition) is 6. The van der Waals surface area contributed by atoms with Crippen LogP contribution in [0.2, 0.25) is 0 Å². The fraction of sp³-hybridized carbons (Fsp3) is 0.818. The summed E-state index contributed by atoms with van der Waals surface area (Å²) in [6.45, 7) is 6.88. The summed E-state index contributed by atoms with van der Waals surface area (Å²) in [5.41, 5.74) is -0.0485. The highest BCUT2D eigenvalue weighted by molar-refractivity contribution is 7.91. The summed E-state index contributed by atoms with van der Waals surface area (Å²) in [6.07, 6.45) is 0.750. The van der Waals surface area contributed by atoms with Gasteiger partial charge in [0.05, 0.1) is 11.5 Å². The van der Waals surface area contributed by atoms with Crippen LogP contribution in [0.1, 0.15) is 33.0 Å². The van der Waals surface area contributed by atoms with Gasteiger partial charge in [-0.3, -0.25) is 0 Å². The minimum Gasteiger partial charge on any atom is -0.360 e. The van der Waals surface area contributed by atoms with Gasteiger partial charge >= 0.3 is 0 Å². The predicted octanol–water partition coefficient (Wildman–Crippen LogP) is 1.68. The first-order chi connectivity index (χ1) is 8.26. The molecule has 0 saturated carbocycles. The second-order valence-electron chi connectivity index (χ2n) is 5.82. The Hall–Kier alpha value is -0.690. The van der Waals surface area contributed by atoms with Gasteiger partial charge in [-0.1, -0.05) is 20.8 Å². The molecule has 1 atom stereocenters. The van der Waals surface area contributed by atoms with Crippen molar-refractivity contribution in [3.63, 3.8) is 0 Å². The Bertz CT molecular complexity index is 517. The van der Waals surface area contributed by atoms with Crippen LogP contribution in [-0.4, -0.2) is 35.8 Å². The Balaban J connectivity index is 1.90. The minimum atomic E-state index is -2.79. The zero-order valence-electron chi connectivity index (χ0n) is 10.9. The number of aromatic nitrogens is 2. The number of nitrogens with one attached hydrogen (secondary N) is 1. The highest BCUT2D eigenvalue weighted by atomic mass is 32.2. The highest BCUT2D eigenvalue weighted by Crippen LogP contribution is 2.24. The summed E-state index contributed by atoms with van der Waals surface area (Å²) < 4.78 is 27.0. The zero-order valence-corrected chi connectivity index (χ0v) is 12.6. The van der Waals surface area contributed by atoms with Crippen LogP contribution in [0.25, 0.3) is 0 Å². The van der Waals surface area contributed by atoms with Crippen LogP contribution in [0.15, 0.2) is 0 Å². The molecular weight excluding hydrogens is 270 g/mol. The van der Waals surface area contributed by atoms with Crippen molar-refractivity contribution in [3.8, 4) is 0 Å². The van der Waals surface area contributed by atoms with Crippen LogP contribution >= 0.6 is 11.5 Å². The quantitative estimate of drug-likeness (QED) is 0.916. The minimum absolute atomic E-state index is 0.0485. The number of nitrogens with zero attached hydrogens (tertiary/aromatic N) is 2. The Morgan fingerprint density at radius 1 is 1.44 bits per heavy atom. The van der Waals surface area contributed by atoms with Crippen LogP contribution in [0.4, 0.5) is 5.13 Å². The van der Waals surface area contributed by atoms with Gasteiger partial charge in [-0.2, -0.15) is 4.37 Å². The normalized spacial score (nSPS) is 23.2. The summed E-state index contributed by atoms with van der Waals surface area (Å²) in [5, 5.41) is 3.98. The first kappa shape index (κ1) is 13.7. The maximum atomic E-state index is 11.3. The second kappa shape index (κ2) is 4.77. The molecule has 0 radical (unpaired) electrons. The molecule has 5 nitrogen and oxygen atoms in total. The van der Waals surface area contributed by atoms with Crippen molar-refractivity contribution in [1.82, 2.24) is 9.36 Å². The van der Waals surface area contributed by atoms with Crippen molar-refractivity contribution in [2.75, 3.05) is 23.4 Å². The van der Waals surface area contributed by atoms with Crippen LogP contribution < -0.4 is 5.32 Å². The third-order valence-corrected chi connectivity index (χ3v) is 5.48. The van der Waals surface area contributed by atoms with Crippen molar-refractivity contribution in [1.29, 1.82) is 0 Å². The van der Waals surface area contributed by atoms with Gasteiger partial charge in [-0.25, -0.2) is 13.4 Å². The molecule has 1 aliphatic rings. The number of rotatable bonds is 3. The molecule has 102 valence electrons. The molecule has 2 heterocycles. The summed E-state index contributed by atoms with van der Waals surface area (Å²) in [6, 6.07) is 0. The van der Waals surface area contributed by atoms with Crippen molar-refractivity contribution in [3.05, 3.63) is 5.82 Å². The maximum absolute atomic E-state index is 11.3. The van der Waals surface area contributed by atoms with E-state index < -0.39 is 9.84 Å². The largest absolute Gasteiger partial charge is 0.360 e. The lowest BCUT2D eigenvalue weighted by atomic mass is 9.96. The lowest BCUT2D eigenvalue weighted by Crippen LogP contribution is -2.16. The van der Waals surface area contributed by atoms with Crippen LogP contribution in [0.3, 0.4) is 0 Å². The molecule has 1 saturated heterocycles. The van der Waals surface area contributed by atoms with Gasteiger partial charge in [0.15, 0.2) is 9.84 Å². The van der Waals surface area contributed by atoms with Crippen molar-refractivity contribution in [2.45, 2.75) is 32.6 Å². The highest BCUT2D eigenvalue weighted by Gasteiger charge is 2.28. The van der Waals surface area contributed by atoms with Gasteiger partial charge in [-0.05, 0) is 12.3 Å². The molecule has 7 heteroatoms. The van der Waals surface area contributed by atoms with Crippen LogP contribution in [-0.2, 0) is 15.3 Å². The zero-order chi connectivity index (χ0) is 13.4. The molecule has 1 fully saturated rings. The summed E-state index contributed by atoms with van der Waals surface area (Å²) in [5.74, 6) is 1.65. The van der Waals surface area contributed by atoms with E-state index in [0.717, 1.165) is 17.4 Å². The standard InChI is InChI=1S/C11H19N3O2S2/c1-11(2,3)9-13-10(17-14-9)12-6-8-4-5-18(15,16)7-8/h8H,4-7H2,1-3H3,(H,12,13,14). The van der Waals surface area contributed by atoms with Crippen molar-refractivity contribution < 1.29 is 8.42 Å².